The summed E-state index contributed by atoms with van der Waals surface area (Å²) in [4.78, 5) is 24.6. The number of rotatable bonds is 6. The van der Waals surface area contributed by atoms with Crippen LogP contribution in [0.5, 0.6) is 0 Å². The van der Waals surface area contributed by atoms with Crippen molar-refractivity contribution in [1.29, 1.82) is 0 Å². The van der Waals surface area contributed by atoms with Gasteiger partial charge in [-0.1, -0.05) is 26.2 Å². The topological polar surface area (TPSA) is 49.4 Å². The first-order chi connectivity index (χ1) is 7.65. The number of carbonyl (C=O) groups excluding carboxylic acids is 2. The monoisotopic (exact) mass is 226 g/mol. The maximum atomic E-state index is 11.9. The quantitative estimate of drug-likeness (QED) is 0.694. The van der Waals surface area contributed by atoms with Gasteiger partial charge in [-0.2, -0.15) is 0 Å². The number of nitrogens with zero attached hydrogens (tertiary/aromatic N) is 1. The normalized spacial score (nSPS) is 19.6. The van der Waals surface area contributed by atoms with Crippen molar-refractivity contribution in [2.45, 2.75) is 51.5 Å². The first-order valence-electron chi connectivity index (χ1n) is 6.19. The summed E-state index contributed by atoms with van der Waals surface area (Å²) in [6.07, 6.45) is 5.79. The molecule has 0 aromatic carbocycles. The highest BCUT2D eigenvalue weighted by Gasteiger charge is 2.28. The van der Waals surface area contributed by atoms with Gasteiger partial charge in [-0.25, -0.2) is 0 Å². The van der Waals surface area contributed by atoms with Gasteiger partial charge in [0.25, 0.3) is 0 Å². The Labute approximate surface area is 97.4 Å². The molecule has 4 heteroatoms. The minimum Gasteiger partial charge on any atom is -0.344 e. The molecule has 1 saturated heterocycles. The number of amides is 2. The number of carbonyl (C=O) groups is 2. The minimum atomic E-state index is -0.274. The fourth-order valence-corrected chi connectivity index (χ4v) is 1.95. The van der Waals surface area contributed by atoms with Gasteiger partial charge in [0.05, 0.1) is 0 Å². The average molecular weight is 226 g/mol. The smallest absolute Gasteiger partial charge is 0.244 e. The zero-order valence-electron chi connectivity index (χ0n) is 10.3. The van der Waals surface area contributed by atoms with Crippen molar-refractivity contribution >= 4 is 11.8 Å². The molecular weight excluding hydrogens is 204 g/mol. The van der Waals surface area contributed by atoms with Crippen molar-refractivity contribution in [2.75, 3.05) is 13.6 Å². The number of likely N-dealkylation sites (N-methyl/N-ethyl adjacent to an activating group) is 1. The molecule has 92 valence electrons. The summed E-state index contributed by atoms with van der Waals surface area (Å²) >= 11 is 0. The predicted molar refractivity (Wildman–Crippen MR) is 62.9 cm³/mol. The summed E-state index contributed by atoms with van der Waals surface area (Å²) in [7, 11) is 1.82. The van der Waals surface area contributed by atoms with Crippen LogP contribution in [0.2, 0.25) is 0 Å². The van der Waals surface area contributed by atoms with E-state index in [1.807, 2.05) is 7.05 Å². The van der Waals surface area contributed by atoms with Crippen LogP contribution in [0.4, 0.5) is 0 Å². The molecule has 1 rings (SSSR count). The Balaban J connectivity index is 2.22. The van der Waals surface area contributed by atoms with Crippen LogP contribution in [-0.4, -0.2) is 36.3 Å². The summed E-state index contributed by atoms with van der Waals surface area (Å²) < 4.78 is 0. The Morgan fingerprint density at radius 1 is 1.44 bits per heavy atom. The second-order valence-corrected chi connectivity index (χ2v) is 4.48. The molecule has 1 heterocycles. The molecule has 0 aromatic rings. The molecule has 1 fully saturated rings. The molecule has 0 spiro atoms. The van der Waals surface area contributed by atoms with Gasteiger partial charge < -0.3 is 10.2 Å². The molecule has 0 aromatic heterocycles. The summed E-state index contributed by atoms with van der Waals surface area (Å²) in [5.41, 5.74) is 0. The molecule has 4 nitrogen and oxygen atoms in total. The molecule has 0 bridgehead atoms. The van der Waals surface area contributed by atoms with Crippen LogP contribution in [-0.2, 0) is 9.59 Å². The van der Waals surface area contributed by atoms with Crippen LogP contribution in [0.25, 0.3) is 0 Å². The standard InChI is InChI=1S/C12H22N2O2/c1-3-4-5-6-9-14(2)12(16)10-7-8-11(15)13-10/h10H,3-9H2,1-2H3,(H,13,15)/t10-/m0/s1. The SMILES string of the molecule is CCCCCCN(C)C(=O)[C@@H]1CCC(=O)N1. The van der Waals surface area contributed by atoms with Crippen molar-refractivity contribution < 1.29 is 9.59 Å². The lowest BCUT2D eigenvalue weighted by molar-refractivity contribution is -0.133. The number of unbranched alkanes of at least 4 members (excludes halogenated alkanes) is 3. The summed E-state index contributed by atoms with van der Waals surface area (Å²) in [6.45, 7) is 2.97. The molecule has 1 aliphatic rings. The van der Waals surface area contributed by atoms with Crippen LogP contribution >= 0.6 is 0 Å². The van der Waals surface area contributed by atoms with Crippen LogP contribution in [0.15, 0.2) is 0 Å². The zero-order valence-corrected chi connectivity index (χ0v) is 10.3. The second-order valence-electron chi connectivity index (χ2n) is 4.48. The van der Waals surface area contributed by atoms with Crippen LogP contribution in [0.3, 0.4) is 0 Å². The summed E-state index contributed by atoms with van der Waals surface area (Å²) in [5.74, 6) is 0.0556. The van der Waals surface area contributed by atoms with Gasteiger partial charge in [0.2, 0.25) is 11.8 Å². The predicted octanol–water partition coefficient (Wildman–Crippen LogP) is 1.30. The lowest BCUT2D eigenvalue weighted by Gasteiger charge is -2.20. The second kappa shape index (κ2) is 6.51. The third kappa shape index (κ3) is 3.83. The number of hydrogen-bond acceptors (Lipinski definition) is 2. The van der Waals surface area contributed by atoms with E-state index in [0.29, 0.717) is 12.8 Å². The average Bonchev–Trinajstić information content (AvgIpc) is 2.70. The van der Waals surface area contributed by atoms with Gasteiger partial charge in [0, 0.05) is 20.0 Å². The molecule has 16 heavy (non-hydrogen) atoms. The van der Waals surface area contributed by atoms with Gasteiger partial charge in [0.1, 0.15) is 6.04 Å². The highest BCUT2D eigenvalue weighted by Crippen LogP contribution is 2.10. The van der Waals surface area contributed by atoms with Crippen molar-refractivity contribution in [3.8, 4) is 0 Å². The molecule has 1 atom stereocenters. The Morgan fingerprint density at radius 2 is 2.19 bits per heavy atom. The Hall–Kier alpha value is -1.06. The molecular formula is C12H22N2O2. The van der Waals surface area contributed by atoms with E-state index in [1.54, 1.807) is 4.90 Å². The summed E-state index contributed by atoms with van der Waals surface area (Å²) in [6, 6.07) is -0.274. The lowest BCUT2D eigenvalue weighted by Crippen LogP contribution is -2.42. The number of nitrogens with one attached hydrogen (secondary N) is 1. The van der Waals surface area contributed by atoms with Gasteiger partial charge in [-0.15, -0.1) is 0 Å². The zero-order chi connectivity index (χ0) is 12.0. The first kappa shape index (κ1) is 13.0. The highest BCUT2D eigenvalue weighted by atomic mass is 16.2. The Morgan fingerprint density at radius 3 is 2.75 bits per heavy atom. The van der Waals surface area contributed by atoms with Gasteiger partial charge in [0.15, 0.2) is 0 Å². The Kier molecular flexibility index (Phi) is 5.29. The minimum absolute atomic E-state index is 0.00210. The Bertz CT molecular complexity index is 253. The van der Waals surface area contributed by atoms with Crippen molar-refractivity contribution in [3.05, 3.63) is 0 Å². The molecule has 1 N–H and O–H groups in total. The number of hydrogen-bond donors (Lipinski definition) is 1. The van der Waals surface area contributed by atoms with Gasteiger partial charge in [-0.3, -0.25) is 9.59 Å². The van der Waals surface area contributed by atoms with E-state index in [-0.39, 0.29) is 17.9 Å². The van der Waals surface area contributed by atoms with E-state index in [1.165, 1.54) is 19.3 Å². The van der Waals surface area contributed by atoms with E-state index >= 15 is 0 Å². The maximum absolute atomic E-state index is 11.9. The molecule has 1 aliphatic heterocycles. The van der Waals surface area contributed by atoms with Gasteiger partial charge in [-0.05, 0) is 12.8 Å². The van der Waals surface area contributed by atoms with Crippen molar-refractivity contribution in [3.63, 3.8) is 0 Å². The summed E-state index contributed by atoms with van der Waals surface area (Å²) in [5, 5.41) is 2.71. The van der Waals surface area contributed by atoms with Crippen LogP contribution < -0.4 is 5.32 Å². The van der Waals surface area contributed by atoms with E-state index in [2.05, 4.69) is 12.2 Å². The largest absolute Gasteiger partial charge is 0.344 e. The molecule has 0 unspecified atom stereocenters. The molecule has 0 radical (unpaired) electrons. The fourth-order valence-electron chi connectivity index (χ4n) is 1.95. The van der Waals surface area contributed by atoms with Crippen molar-refractivity contribution in [2.24, 2.45) is 0 Å². The third-order valence-corrected chi connectivity index (χ3v) is 3.02. The highest BCUT2D eigenvalue weighted by molar-refractivity contribution is 5.90. The van der Waals surface area contributed by atoms with Crippen LogP contribution in [0.1, 0.15) is 45.4 Å². The molecule has 2 amide bonds. The van der Waals surface area contributed by atoms with Crippen molar-refractivity contribution in [1.82, 2.24) is 10.2 Å². The van der Waals surface area contributed by atoms with E-state index in [4.69, 9.17) is 0 Å². The van der Waals surface area contributed by atoms with Gasteiger partial charge >= 0.3 is 0 Å². The first-order valence-corrected chi connectivity index (χ1v) is 6.19. The molecule has 0 aliphatic carbocycles. The van der Waals surface area contributed by atoms with E-state index < -0.39 is 0 Å². The third-order valence-electron chi connectivity index (χ3n) is 3.02. The van der Waals surface area contributed by atoms with E-state index in [9.17, 15) is 9.59 Å². The molecule has 0 saturated carbocycles. The lowest BCUT2D eigenvalue weighted by atomic mass is 10.1. The van der Waals surface area contributed by atoms with E-state index in [0.717, 1.165) is 13.0 Å². The van der Waals surface area contributed by atoms with Crippen LogP contribution in [0, 0.1) is 0 Å². The fraction of sp³-hybridized carbons (Fsp3) is 0.833. The maximum Gasteiger partial charge on any atom is 0.244 e.